The molecule has 2 N–H and O–H groups in total. The standard InChI is InChI=1S/C20H26BrN5O3/c1-20(2,3)29-19(28)23-12-4-11-22-18(27)16-17(13-5-6-13)26(25-24-16)15-9-7-14(21)8-10-15/h7-10,13H,4-6,11-12H2,1-3H3,(H,22,27)(H,23,28). The van der Waals surface area contributed by atoms with Gasteiger partial charge in [0.15, 0.2) is 5.69 Å². The predicted octanol–water partition coefficient (Wildman–Crippen LogP) is 3.55. The van der Waals surface area contributed by atoms with Crippen LogP contribution in [0.5, 0.6) is 0 Å². The zero-order valence-corrected chi connectivity index (χ0v) is 18.5. The van der Waals surface area contributed by atoms with Crippen molar-refractivity contribution >= 4 is 27.9 Å². The number of hydrogen-bond donors (Lipinski definition) is 2. The van der Waals surface area contributed by atoms with E-state index in [-0.39, 0.29) is 5.91 Å². The largest absolute Gasteiger partial charge is 0.444 e. The lowest BCUT2D eigenvalue weighted by atomic mass is 10.2. The van der Waals surface area contributed by atoms with E-state index < -0.39 is 11.7 Å². The first-order chi connectivity index (χ1) is 13.7. The third-order valence-corrected chi connectivity index (χ3v) is 4.79. The molecular formula is C20H26BrN5O3. The topological polar surface area (TPSA) is 98.1 Å². The number of amides is 2. The Hall–Kier alpha value is -2.42. The van der Waals surface area contributed by atoms with E-state index in [1.54, 1.807) is 4.68 Å². The number of nitrogens with one attached hydrogen (secondary N) is 2. The SMILES string of the molecule is CC(C)(C)OC(=O)NCCCNC(=O)c1nnn(-c2ccc(Br)cc2)c1C1CC1. The molecule has 0 atom stereocenters. The van der Waals surface area contributed by atoms with Crippen molar-refractivity contribution in [3.05, 3.63) is 40.1 Å². The number of halogens is 1. The van der Waals surface area contributed by atoms with E-state index >= 15 is 0 Å². The van der Waals surface area contributed by atoms with Crippen molar-refractivity contribution in [2.45, 2.75) is 51.6 Å². The smallest absolute Gasteiger partial charge is 0.407 e. The average Bonchev–Trinajstić information content (AvgIpc) is 3.38. The van der Waals surface area contributed by atoms with Crippen molar-refractivity contribution in [3.63, 3.8) is 0 Å². The maximum atomic E-state index is 12.6. The number of carbonyl (C=O) groups excluding carboxylic acids is 2. The number of carbonyl (C=O) groups is 2. The number of aromatic nitrogens is 3. The van der Waals surface area contributed by atoms with E-state index in [0.717, 1.165) is 28.7 Å². The molecule has 1 aliphatic rings. The third kappa shape index (κ3) is 6.03. The van der Waals surface area contributed by atoms with E-state index in [4.69, 9.17) is 4.74 Å². The van der Waals surface area contributed by atoms with Gasteiger partial charge in [-0.15, -0.1) is 5.10 Å². The fourth-order valence-electron chi connectivity index (χ4n) is 2.83. The minimum atomic E-state index is -0.530. The lowest BCUT2D eigenvalue weighted by Crippen LogP contribution is -2.34. The molecule has 1 saturated carbocycles. The van der Waals surface area contributed by atoms with E-state index in [1.807, 2.05) is 45.0 Å². The molecule has 2 aromatic rings. The summed E-state index contributed by atoms with van der Waals surface area (Å²) in [6.45, 7) is 6.27. The number of ether oxygens (including phenoxy) is 1. The lowest BCUT2D eigenvalue weighted by Gasteiger charge is -2.19. The van der Waals surface area contributed by atoms with Crippen molar-refractivity contribution < 1.29 is 14.3 Å². The van der Waals surface area contributed by atoms with Gasteiger partial charge in [0.05, 0.1) is 11.4 Å². The van der Waals surface area contributed by atoms with Crippen LogP contribution in [0.25, 0.3) is 5.69 Å². The van der Waals surface area contributed by atoms with Crippen molar-refractivity contribution in [1.82, 2.24) is 25.6 Å². The molecule has 0 aliphatic heterocycles. The summed E-state index contributed by atoms with van der Waals surface area (Å²) < 4.78 is 7.91. The number of hydrogen-bond acceptors (Lipinski definition) is 5. The normalized spacial score (nSPS) is 13.8. The lowest BCUT2D eigenvalue weighted by molar-refractivity contribution is 0.0527. The Labute approximate surface area is 178 Å². The van der Waals surface area contributed by atoms with Crippen LogP contribution in [0.1, 0.15) is 62.1 Å². The fourth-order valence-corrected chi connectivity index (χ4v) is 3.09. The Kier molecular flexibility index (Phi) is 6.56. The summed E-state index contributed by atoms with van der Waals surface area (Å²) in [5.41, 5.74) is 1.58. The second kappa shape index (κ2) is 8.94. The van der Waals surface area contributed by atoms with Crippen LogP contribution < -0.4 is 10.6 Å². The molecule has 0 bridgehead atoms. The maximum Gasteiger partial charge on any atom is 0.407 e. The van der Waals surface area contributed by atoms with Gasteiger partial charge in [-0.05, 0) is 64.3 Å². The molecule has 1 aromatic carbocycles. The minimum Gasteiger partial charge on any atom is -0.444 e. The van der Waals surface area contributed by atoms with Gasteiger partial charge >= 0.3 is 6.09 Å². The molecule has 156 valence electrons. The molecule has 8 nitrogen and oxygen atoms in total. The Morgan fingerprint density at radius 2 is 1.83 bits per heavy atom. The Morgan fingerprint density at radius 3 is 2.45 bits per heavy atom. The van der Waals surface area contributed by atoms with Gasteiger partial charge in [-0.3, -0.25) is 4.79 Å². The monoisotopic (exact) mass is 463 g/mol. The zero-order chi connectivity index (χ0) is 21.0. The van der Waals surface area contributed by atoms with Gasteiger partial charge in [-0.1, -0.05) is 21.1 Å². The summed E-state index contributed by atoms with van der Waals surface area (Å²) in [4.78, 5) is 24.3. The molecule has 1 heterocycles. The Bertz CT molecular complexity index is 869. The molecule has 0 saturated heterocycles. The summed E-state index contributed by atoms with van der Waals surface area (Å²) >= 11 is 3.43. The first kappa shape index (κ1) is 21.3. The van der Waals surface area contributed by atoms with E-state index in [9.17, 15) is 9.59 Å². The molecule has 0 unspecified atom stereocenters. The van der Waals surface area contributed by atoms with Gasteiger partial charge in [0.2, 0.25) is 0 Å². The van der Waals surface area contributed by atoms with Crippen LogP contribution in [0.15, 0.2) is 28.7 Å². The fraction of sp³-hybridized carbons (Fsp3) is 0.500. The van der Waals surface area contributed by atoms with E-state index in [2.05, 4.69) is 36.9 Å². The summed E-state index contributed by atoms with van der Waals surface area (Å²) in [7, 11) is 0. The molecular weight excluding hydrogens is 438 g/mol. The highest BCUT2D eigenvalue weighted by Gasteiger charge is 2.34. The number of rotatable bonds is 7. The number of nitrogens with zero attached hydrogens (tertiary/aromatic N) is 3. The van der Waals surface area contributed by atoms with E-state index in [0.29, 0.717) is 31.1 Å². The molecule has 1 aromatic heterocycles. The maximum absolute atomic E-state index is 12.6. The van der Waals surface area contributed by atoms with Gasteiger partial charge < -0.3 is 15.4 Å². The number of benzene rings is 1. The minimum absolute atomic E-state index is 0.243. The van der Waals surface area contributed by atoms with Gasteiger partial charge in [0, 0.05) is 23.5 Å². The molecule has 1 aliphatic carbocycles. The zero-order valence-electron chi connectivity index (χ0n) is 16.9. The third-order valence-electron chi connectivity index (χ3n) is 4.26. The van der Waals surface area contributed by atoms with Crippen molar-refractivity contribution in [1.29, 1.82) is 0 Å². The van der Waals surface area contributed by atoms with Gasteiger partial charge in [0.1, 0.15) is 5.60 Å². The number of alkyl carbamates (subject to hydrolysis) is 1. The molecule has 3 rings (SSSR count). The van der Waals surface area contributed by atoms with Crippen LogP contribution in [0, 0.1) is 0 Å². The van der Waals surface area contributed by atoms with Gasteiger partial charge in [-0.25, -0.2) is 9.48 Å². The summed E-state index contributed by atoms with van der Waals surface area (Å²) in [6.07, 6.45) is 2.19. The average molecular weight is 464 g/mol. The molecule has 2 amide bonds. The summed E-state index contributed by atoms with van der Waals surface area (Å²) in [6, 6.07) is 7.75. The van der Waals surface area contributed by atoms with Crippen LogP contribution in [0.4, 0.5) is 4.79 Å². The Balaban J connectivity index is 1.55. The Morgan fingerprint density at radius 1 is 1.17 bits per heavy atom. The summed E-state index contributed by atoms with van der Waals surface area (Å²) in [5.74, 6) is 0.0655. The van der Waals surface area contributed by atoms with Crippen molar-refractivity contribution in [2.24, 2.45) is 0 Å². The second-order valence-corrected chi connectivity index (χ2v) is 8.94. The molecule has 0 spiro atoms. The van der Waals surface area contributed by atoms with Crippen LogP contribution >= 0.6 is 15.9 Å². The van der Waals surface area contributed by atoms with Crippen molar-refractivity contribution in [3.8, 4) is 5.69 Å². The molecule has 29 heavy (non-hydrogen) atoms. The van der Waals surface area contributed by atoms with Gasteiger partial charge in [0.25, 0.3) is 5.91 Å². The van der Waals surface area contributed by atoms with Gasteiger partial charge in [-0.2, -0.15) is 0 Å². The quantitative estimate of drug-likeness (QED) is 0.611. The first-order valence-corrected chi connectivity index (χ1v) is 10.5. The first-order valence-electron chi connectivity index (χ1n) is 9.71. The molecule has 1 fully saturated rings. The van der Waals surface area contributed by atoms with Crippen LogP contribution in [-0.2, 0) is 4.74 Å². The summed E-state index contributed by atoms with van der Waals surface area (Å²) in [5, 5.41) is 13.9. The molecule has 9 heteroatoms. The van der Waals surface area contributed by atoms with Crippen LogP contribution in [-0.4, -0.2) is 45.7 Å². The highest BCUT2D eigenvalue weighted by molar-refractivity contribution is 9.10. The highest BCUT2D eigenvalue weighted by Crippen LogP contribution is 2.42. The highest BCUT2D eigenvalue weighted by atomic mass is 79.9. The predicted molar refractivity (Wildman–Crippen MR) is 112 cm³/mol. The molecule has 0 radical (unpaired) electrons. The second-order valence-electron chi connectivity index (χ2n) is 8.02. The van der Waals surface area contributed by atoms with Crippen LogP contribution in [0.3, 0.4) is 0 Å². The van der Waals surface area contributed by atoms with Crippen LogP contribution in [0.2, 0.25) is 0 Å². The van der Waals surface area contributed by atoms with E-state index in [1.165, 1.54) is 0 Å². The van der Waals surface area contributed by atoms with Crippen molar-refractivity contribution in [2.75, 3.05) is 13.1 Å².